The van der Waals surface area contributed by atoms with Gasteiger partial charge in [0.2, 0.25) is 6.29 Å². The lowest BCUT2D eigenvalue weighted by Crippen LogP contribution is -2.54. The van der Waals surface area contributed by atoms with Crippen molar-refractivity contribution >= 4 is 0 Å². The number of hydrogen-bond donors (Lipinski definition) is 0. The van der Waals surface area contributed by atoms with E-state index in [0.717, 1.165) is 5.75 Å². The van der Waals surface area contributed by atoms with Crippen LogP contribution >= 0.6 is 0 Å². The van der Waals surface area contributed by atoms with Gasteiger partial charge in [0.25, 0.3) is 0 Å². The molecule has 22 heavy (non-hydrogen) atoms. The number of rotatable bonds is 6. The van der Waals surface area contributed by atoms with Crippen LogP contribution in [0.4, 0.5) is 0 Å². The molecule has 0 radical (unpaired) electrons. The van der Waals surface area contributed by atoms with Gasteiger partial charge in [-0.05, 0) is 19.1 Å². The standard InChI is InChI=1S/C17H24O5/c1-11-6-8-13(9-7-11)21-17-12(2)15(19-4)16(20-5)14(22-17)10-18-3/h6-9,14-17H,2,10H2,1,3-5H3/t14-,15-,16-,17+/m1/s1. The predicted octanol–water partition coefficient (Wildman–Crippen LogP) is 2.33. The highest BCUT2D eigenvalue weighted by Crippen LogP contribution is 2.30. The molecule has 2 rings (SSSR count). The van der Waals surface area contributed by atoms with Crippen LogP contribution in [0.5, 0.6) is 5.75 Å². The third-order valence-electron chi connectivity index (χ3n) is 3.75. The van der Waals surface area contributed by atoms with E-state index < -0.39 is 6.29 Å². The Bertz CT molecular complexity index is 484. The molecular weight excluding hydrogens is 284 g/mol. The first-order valence-electron chi connectivity index (χ1n) is 7.22. The lowest BCUT2D eigenvalue weighted by atomic mass is 9.97. The summed E-state index contributed by atoms with van der Waals surface area (Å²) in [6.07, 6.45) is -1.48. The zero-order chi connectivity index (χ0) is 16.1. The normalized spacial score (nSPS) is 28.6. The minimum Gasteiger partial charge on any atom is -0.461 e. The van der Waals surface area contributed by atoms with Gasteiger partial charge in [-0.3, -0.25) is 0 Å². The average molecular weight is 308 g/mol. The van der Waals surface area contributed by atoms with Crippen molar-refractivity contribution in [2.45, 2.75) is 31.5 Å². The number of methoxy groups -OCH3 is 3. The lowest BCUT2D eigenvalue weighted by Gasteiger charge is -2.41. The predicted molar refractivity (Wildman–Crippen MR) is 83.1 cm³/mol. The van der Waals surface area contributed by atoms with Crippen LogP contribution in [0, 0.1) is 6.92 Å². The zero-order valence-corrected chi connectivity index (χ0v) is 13.6. The Kier molecular flexibility index (Phi) is 5.97. The summed E-state index contributed by atoms with van der Waals surface area (Å²) in [7, 11) is 4.87. The fourth-order valence-electron chi connectivity index (χ4n) is 2.57. The van der Waals surface area contributed by atoms with E-state index in [1.807, 2.05) is 31.2 Å². The van der Waals surface area contributed by atoms with E-state index in [0.29, 0.717) is 12.2 Å². The molecule has 1 aliphatic rings. The minimum atomic E-state index is -0.598. The van der Waals surface area contributed by atoms with Gasteiger partial charge >= 0.3 is 0 Å². The number of aryl methyl sites for hydroxylation is 1. The van der Waals surface area contributed by atoms with Crippen LogP contribution in [0.25, 0.3) is 0 Å². The van der Waals surface area contributed by atoms with Crippen molar-refractivity contribution in [1.82, 2.24) is 0 Å². The number of hydrogen-bond acceptors (Lipinski definition) is 5. The van der Waals surface area contributed by atoms with Gasteiger partial charge in [-0.1, -0.05) is 24.3 Å². The summed E-state index contributed by atoms with van der Waals surface area (Å²) in [5.74, 6) is 0.721. The first-order chi connectivity index (χ1) is 10.6. The summed E-state index contributed by atoms with van der Waals surface area (Å²) in [6, 6.07) is 7.78. The zero-order valence-electron chi connectivity index (χ0n) is 13.6. The second-order valence-corrected chi connectivity index (χ2v) is 5.32. The van der Waals surface area contributed by atoms with Crippen LogP contribution in [0.15, 0.2) is 36.4 Å². The van der Waals surface area contributed by atoms with E-state index in [1.54, 1.807) is 21.3 Å². The second-order valence-electron chi connectivity index (χ2n) is 5.32. The molecule has 122 valence electrons. The van der Waals surface area contributed by atoms with Crippen LogP contribution in [0.1, 0.15) is 5.56 Å². The molecule has 1 aromatic rings. The molecule has 0 aromatic heterocycles. The molecule has 1 heterocycles. The van der Waals surface area contributed by atoms with Crippen molar-refractivity contribution in [3.05, 3.63) is 42.0 Å². The Hall–Kier alpha value is -1.40. The summed E-state index contributed by atoms with van der Waals surface area (Å²) in [5, 5.41) is 0. The SMILES string of the molecule is C=C1[C@@H](Oc2ccc(C)cc2)O[C@H](COC)[C@@H](OC)[C@@H]1OC. The fraction of sp³-hybridized carbons (Fsp3) is 0.529. The van der Waals surface area contributed by atoms with Crippen molar-refractivity contribution in [3.8, 4) is 5.75 Å². The highest BCUT2D eigenvalue weighted by molar-refractivity contribution is 5.27. The second kappa shape index (κ2) is 7.74. The smallest absolute Gasteiger partial charge is 0.225 e. The molecule has 0 N–H and O–H groups in total. The molecule has 5 nitrogen and oxygen atoms in total. The van der Waals surface area contributed by atoms with Crippen LogP contribution in [-0.2, 0) is 18.9 Å². The summed E-state index contributed by atoms with van der Waals surface area (Å²) in [6.45, 7) is 6.47. The van der Waals surface area contributed by atoms with E-state index in [2.05, 4.69) is 6.58 Å². The maximum atomic E-state index is 5.96. The molecule has 1 aromatic carbocycles. The first kappa shape index (κ1) is 17.0. The number of ether oxygens (including phenoxy) is 5. The van der Waals surface area contributed by atoms with Gasteiger partial charge in [0, 0.05) is 26.9 Å². The van der Waals surface area contributed by atoms with Gasteiger partial charge in [-0.25, -0.2) is 0 Å². The average Bonchev–Trinajstić information content (AvgIpc) is 2.52. The molecule has 0 aliphatic carbocycles. The molecule has 1 saturated heterocycles. The highest BCUT2D eigenvalue weighted by atomic mass is 16.7. The number of benzene rings is 1. The Morgan fingerprint density at radius 2 is 1.77 bits per heavy atom. The largest absolute Gasteiger partial charge is 0.461 e. The summed E-state index contributed by atoms with van der Waals surface area (Å²) < 4.78 is 28.1. The molecule has 0 unspecified atom stereocenters. The fourth-order valence-corrected chi connectivity index (χ4v) is 2.57. The molecule has 1 aliphatic heterocycles. The van der Waals surface area contributed by atoms with E-state index >= 15 is 0 Å². The van der Waals surface area contributed by atoms with Crippen LogP contribution < -0.4 is 4.74 Å². The van der Waals surface area contributed by atoms with Crippen molar-refractivity contribution in [1.29, 1.82) is 0 Å². The maximum Gasteiger partial charge on any atom is 0.225 e. The van der Waals surface area contributed by atoms with Crippen molar-refractivity contribution in [3.63, 3.8) is 0 Å². The quantitative estimate of drug-likeness (QED) is 0.755. The Balaban J connectivity index is 2.16. The van der Waals surface area contributed by atoms with Crippen LogP contribution in [0.2, 0.25) is 0 Å². The summed E-state index contributed by atoms with van der Waals surface area (Å²) >= 11 is 0. The molecule has 0 bridgehead atoms. The monoisotopic (exact) mass is 308 g/mol. The van der Waals surface area contributed by atoms with E-state index in [1.165, 1.54) is 5.56 Å². The third kappa shape index (κ3) is 3.67. The molecule has 4 atom stereocenters. The van der Waals surface area contributed by atoms with E-state index in [-0.39, 0.29) is 18.3 Å². The van der Waals surface area contributed by atoms with Crippen molar-refractivity contribution < 1.29 is 23.7 Å². The van der Waals surface area contributed by atoms with Gasteiger partial charge in [-0.2, -0.15) is 0 Å². The Labute approximate surface area is 131 Å². The summed E-state index contributed by atoms with van der Waals surface area (Å²) in [4.78, 5) is 0. The minimum absolute atomic E-state index is 0.282. The first-order valence-corrected chi connectivity index (χ1v) is 7.22. The maximum absolute atomic E-state index is 5.96. The van der Waals surface area contributed by atoms with Crippen molar-refractivity contribution in [2.24, 2.45) is 0 Å². The van der Waals surface area contributed by atoms with E-state index in [9.17, 15) is 0 Å². The van der Waals surface area contributed by atoms with Gasteiger partial charge in [0.05, 0.1) is 6.61 Å². The molecule has 0 amide bonds. The van der Waals surface area contributed by atoms with Gasteiger partial charge in [0.1, 0.15) is 24.1 Å². The molecule has 5 heteroatoms. The van der Waals surface area contributed by atoms with Crippen LogP contribution in [-0.4, -0.2) is 52.5 Å². The highest BCUT2D eigenvalue weighted by Gasteiger charge is 2.43. The van der Waals surface area contributed by atoms with Gasteiger partial charge in [-0.15, -0.1) is 0 Å². The Morgan fingerprint density at radius 1 is 1.09 bits per heavy atom. The van der Waals surface area contributed by atoms with Crippen LogP contribution in [0.3, 0.4) is 0 Å². The van der Waals surface area contributed by atoms with Crippen molar-refractivity contribution in [2.75, 3.05) is 27.9 Å². The van der Waals surface area contributed by atoms with Gasteiger partial charge < -0.3 is 23.7 Å². The van der Waals surface area contributed by atoms with Gasteiger partial charge in [0.15, 0.2) is 0 Å². The topological polar surface area (TPSA) is 46.2 Å². The summed E-state index contributed by atoms with van der Waals surface area (Å²) in [5.41, 5.74) is 1.87. The lowest BCUT2D eigenvalue weighted by molar-refractivity contribution is -0.211. The third-order valence-corrected chi connectivity index (χ3v) is 3.75. The molecule has 0 spiro atoms. The molecular formula is C17H24O5. The molecule has 1 fully saturated rings. The molecule has 0 saturated carbocycles. The Morgan fingerprint density at radius 3 is 2.32 bits per heavy atom. The van der Waals surface area contributed by atoms with E-state index in [4.69, 9.17) is 23.7 Å².